The number of nitrogens with one attached hydrogen (secondary N) is 2. The van der Waals surface area contributed by atoms with Crippen LogP contribution in [0.5, 0.6) is 11.5 Å². The lowest BCUT2D eigenvalue weighted by Crippen LogP contribution is -2.67. The highest BCUT2D eigenvalue weighted by Crippen LogP contribution is 2.41. The van der Waals surface area contributed by atoms with Gasteiger partial charge in [0.05, 0.1) is 11.2 Å². The minimum absolute atomic E-state index is 0.0245. The molecule has 2 saturated heterocycles. The smallest absolute Gasteiger partial charge is 0.257 e. The van der Waals surface area contributed by atoms with E-state index in [0.29, 0.717) is 25.4 Å². The van der Waals surface area contributed by atoms with E-state index in [4.69, 9.17) is 22.1 Å². The molecule has 2 amide bonds. The molecule has 0 radical (unpaired) electrons. The first kappa shape index (κ1) is 28.1. The van der Waals surface area contributed by atoms with Crippen LogP contribution < -0.4 is 21.3 Å². The van der Waals surface area contributed by atoms with E-state index in [2.05, 4.69) is 15.8 Å². The maximum atomic E-state index is 14.2. The number of carbonyl (C=O) groups excluding carboxylic acids is 2. The van der Waals surface area contributed by atoms with Crippen LogP contribution in [0.3, 0.4) is 0 Å². The van der Waals surface area contributed by atoms with Crippen molar-refractivity contribution in [3.05, 3.63) is 77.2 Å². The summed E-state index contributed by atoms with van der Waals surface area (Å²) < 4.78 is 19.9. The lowest BCUT2D eigenvalue weighted by molar-refractivity contribution is -0.132. The quantitative estimate of drug-likeness (QED) is 0.441. The molecule has 3 unspecified atom stereocenters. The molecule has 2 aromatic rings. The molecule has 0 aromatic heterocycles. The van der Waals surface area contributed by atoms with E-state index < -0.39 is 18.0 Å². The summed E-state index contributed by atoms with van der Waals surface area (Å²) in [5.74, 6) is -0.661. The molecule has 3 aliphatic heterocycles. The second-order valence-electron chi connectivity index (χ2n) is 10.6. The van der Waals surface area contributed by atoms with E-state index in [1.165, 1.54) is 12.1 Å². The second kappa shape index (κ2) is 12.0. The number of likely N-dealkylation sites (N-methyl/N-ethyl adjacent to an activating group) is 1. The molecule has 0 aliphatic carbocycles. The molecule has 3 aliphatic rings. The summed E-state index contributed by atoms with van der Waals surface area (Å²) in [6.45, 7) is 1.89. The average molecular weight is 569 g/mol. The largest absolute Gasteiger partial charge is 0.453 e. The van der Waals surface area contributed by atoms with E-state index in [1.807, 2.05) is 48.3 Å². The van der Waals surface area contributed by atoms with Gasteiger partial charge in [-0.05, 0) is 62.3 Å². The predicted molar refractivity (Wildman–Crippen MR) is 152 cm³/mol. The van der Waals surface area contributed by atoms with Crippen molar-refractivity contribution in [2.75, 3.05) is 33.7 Å². The first-order valence-electron chi connectivity index (χ1n) is 13.4. The lowest BCUT2D eigenvalue weighted by Gasteiger charge is -2.43. The number of hydrogen-bond acceptors (Lipinski definition) is 7. The number of fused-ring (bicyclic) bond motifs is 1. The van der Waals surface area contributed by atoms with Crippen LogP contribution in [0.15, 0.2) is 60.8 Å². The fourth-order valence-electron chi connectivity index (χ4n) is 5.57. The molecular formula is C29H34ClFN6O3. The van der Waals surface area contributed by atoms with Crippen LogP contribution in [0.2, 0.25) is 5.02 Å². The molecular weight excluding hydrogens is 535 g/mol. The molecule has 4 N–H and O–H groups in total. The Hall–Kier alpha value is -3.44. The van der Waals surface area contributed by atoms with Gasteiger partial charge in [-0.25, -0.2) is 9.82 Å². The molecule has 2 aromatic carbocycles. The molecule has 212 valence electrons. The Balaban J connectivity index is 1.38. The molecule has 9 nitrogen and oxygen atoms in total. The van der Waals surface area contributed by atoms with Crippen LogP contribution in [0.25, 0.3) is 5.57 Å². The van der Waals surface area contributed by atoms with Crippen molar-refractivity contribution < 1.29 is 18.7 Å². The molecule has 3 heterocycles. The number of ether oxygens (including phenoxy) is 1. The number of carbonyl (C=O) groups is 2. The molecule has 11 heteroatoms. The van der Waals surface area contributed by atoms with Gasteiger partial charge in [0.25, 0.3) is 5.91 Å². The minimum Gasteiger partial charge on any atom is -0.453 e. The van der Waals surface area contributed by atoms with E-state index in [0.717, 1.165) is 24.0 Å². The predicted octanol–water partition coefficient (Wildman–Crippen LogP) is 2.94. The van der Waals surface area contributed by atoms with E-state index in [1.54, 1.807) is 24.3 Å². The van der Waals surface area contributed by atoms with E-state index >= 15 is 0 Å². The third-order valence-corrected chi connectivity index (χ3v) is 7.81. The number of benzene rings is 2. The third kappa shape index (κ3) is 5.85. The lowest BCUT2D eigenvalue weighted by atomic mass is 9.86. The average Bonchev–Trinajstić information content (AvgIpc) is 3.35. The summed E-state index contributed by atoms with van der Waals surface area (Å²) in [6.07, 6.45) is 6.67. The SMILES string of the molecule is CN(C)C/C=C/C(=O)N1CCC[C@@H](N2C=C(c3ccc(Oc4c(F)cccc4Cl)cc3)C3C(N)NNC(=O)C32)C1. The van der Waals surface area contributed by atoms with Crippen LogP contribution in [0, 0.1) is 11.7 Å². The summed E-state index contributed by atoms with van der Waals surface area (Å²) in [4.78, 5) is 31.9. The van der Waals surface area contributed by atoms with Crippen LogP contribution in [-0.2, 0) is 9.59 Å². The Morgan fingerprint density at radius 3 is 2.75 bits per heavy atom. The van der Waals surface area contributed by atoms with Crippen molar-refractivity contribution in [3.63, 3.8) is 0 Å². The fraction of sp³-hybridized carbons (Fsp3) is 0.379. The summed E-state index contributed by atoms with van der Waals surface area (Å²) in [5, 5.41) is 0.180. The molecule has 5 rings (SSSR count). The second-order valence-corrected chi connectivity index (χ2v) is 11.0. The van der Waals surface area contributed by atoms with E-state index in [9.17, 15) is 14.0 Å². The standard InChI is InChI=1S/C29H34ClFN6O3/c1-35(2)14-5-9-24(38)36-15-4-6-19(16-36)37-17-21(25-26(37)29(39)34-33-28(25)32)18-10-12-20(13-11-18)40-27-22(30)7-3-8-23(27)31/h3,5,7-13,17,19,25-26,28,33H,4,6,14-16,32H2,1-2H3,(H,34,39)/b9-5+/t19-,25?,26?,28?/m1/s1. The van der Waals surface area contributed by atoms with Gasteiger partial charge in [-0.1, -0.05) is 35.9 Å². The maximum Gasteiger partial charge on any atom is 0.257 e. The maximum absolute atomic E-state index is 14.2. The summed E-state index contributed by atoms with van der Waals surface area (Å²) in [6, 6.07) is 11.0. The molecule has 0 saturated carbocycles. The first-order chi connectivity index (χ1) is 19.2. The van der Waals surface area contributed by atoms with Gasteiger partial charge in [0, 0.05) is 43.9 Å². The summed E-state index contributed by atoms with van der Waals surface area (Å²) in [7, 11) is 3.90. The van der Waals surface area contributed by atoms with Crippen LogP contribution >= 0.6 is 11.6 Å². The Bertz CT molecular complexity index is 1300. The monoisotopic (exact) mass is 568 g/mol. The number of nitrogens with two attached hydrogens (primary N) is 1. The van der Waals surface area contributed by atoms with E-state index in [-0.39, 0.29) is 34.5 Å². The number of para-hydroxylation sites is 1. The number of nitrogens with zero attached hydrogens (tertiary/aromatic N) is 3. The highest BCUT2D eigenvalue weighted by molar-refractivity contribution is 6.32. The topological polar surface area (TPSA) is 103 Å². The third-order valence-electron chi connectivity index (χ3n) is 7.51. The van der Waals surface area contributed by atoms with Gasteiger partial charge in [0.2, 0.25) is 5.91 Å². The van der Waals surface area contributed by atoms with Crippen LogP contribution in [0.1, 0.15) is 18.4 Å². The van der Waals surface area contributed by atoms with Gasteiger partial charge in [-0.3, -0.25) is 15.0 Å². The number of rotatable bonds is 7. The Labute approximate surface area is 238 Å². The Morgan fingerprint density at radius 1 is 1.25 bits per heavy atom. The van der Waals surface area contributed by atoms with Crippen LogP contribution in [0.4, 0.5) is 4.39 Å². The molecule has 0 spiro atoms. The van der Waals surface area contributed by atoms with Crippen molar-refractivity contribution in [2.24, 2.45) is 11.7 Å². The highest BCUT2D eigenvalue weighted by Gasteiger charge is 2.49. The molecule has 4 atom stereocenters. The zero-order valence-electron chi connectivity index (χ0n) is 22.5. The van der Waals surface area contributed by atoms with Crippen molar-refractivity contribution in [1.82, 2.24) is 25.6 Å². The Morgan fingerprint density at radius 2 is 2.02 bits per heavy atom. The summed E-state index contributed by atoms with van der Waals surface area (Å²) >= 11 is 6.11. The number of piperidine rings is 1. The number of amides is 2. The Kier molecular flexibility index (Phi) is 8.41. The fourth-order valence-corrected chi connectivity index (χ4v) is 5.77. The normalized spacial score (nSPS) is 24.8. The van der Waals surface area contributed by atoms with Crippen molar-refractivity contribution >= 4 is 29.0 Å². The van der Waals surface area contributed by atoms with Gasteiger partial charge in [-0.2, -0.15) is 0 Å². The van der Waals surface area contributed by atoms with Gasteiger partial charge in [0.1, 0.15) is 11.8 Å². The van der Waals surface area contributed by atoms with Gasteiger partial charge < -0.3 is 25.2 Å². The number of hydrazine groups is 1. The molecule has 0 bridgehead atoms. The minimum atomic E-state index is -0.549. The first-order valence-corrected chi connectivity index (χ1v) is 13.7. The molecule has 2 fully saturated rings. The number of halogens is 2. The van der Waals surface area contributed by atoms with Gasteiger partial charge in [0.15, 0.2) is 11.6 Å². The highest BCUT2D eigenvalue weighted by atomic mass is 35.5. The number of likely N-dealkylation sites (tertiary alicyclic amines) is 1. The van der Waals surface area contributed by atoms with Gasteiger partial charge >= 0.3 is 0 Å². The zero-order valence-corrected chi connectivity index (χ0v) is 23.3. The van der Waals surface area contributed by atoms with Crippen molar-refractivity contribution in [2.45, 2.75) is 31.1 Å². The zero-order chi connectivity index (χ0) is 28.4. The van der Waals surface area contributed by atoms with Gasteiger partial charge in [-0.15, -0.1) is 0 Å². The summed E-state index contributed by atoms with van der Waals surface area (Å²) in [5.41, 5.74) is 13.8. The van der Waals surface area contributed by atoms with Crippen LogP contribution in [-0.4, -0.2) is 78.5 Å². The number of hydrogen-bond donors (Lipinski definition) is 3. The molecule has 40 heavy (non-hydrogen) atoms. The van der Waals surface area contributed by atoms with Crippen molar-refractivity contribution in [1.29, 1.82) is 0 Å². The van der Waals surface area contributed by atoms with Crippen molar-refractivity contribution in [3.8, 4) is 11.5 Å².